The van der Waals surface area contributed by atoms with Gasteiger partial charge in [0.15, 0.2) is 0 Å². The Kier molecular flexibility index (Phi) is 6.47. The molecule has 0 fully saturated rings. The number of likely N-dealkylation sites (N-methyl/N-ethyl adjacent to an activating group) is 1. The predicted molar refractivity (Wildman–Crippen MR) is 97.7 cm³/mol. The first-order valence-electron chi connectivity index (χ1n) is 7.95. The second-order valence-corrected chi connectivity index (χ2v) is 5.95. The third kappa shape index (κ3) is 5.89. The van der Waals surface area contributed by atoms with Crippen LogP contribution in [0.5, 0.6) is 0 Å². The summed E-state index contributed by atoms with van der Waals surface area (Å²) in [6.45, 7) is 0.461. The zero-order valence-electron chi connectivity index (χ0n) is 14.3. The molecule has 7 heteroatoms. The van der Waals surface area contributed by atoms with Gasteiger partial charge in [0.1, 0.15) is 0 Å². The number of nitrogens with zero attached hydrogens (tertiary/aromatic N) is 2. The number of nitro groups is 1. The molecule has 0 saturated heterocycles. The molecule has 25 heavy (non-hydrogen) atoms. The minimum absolute atomic E-state index is 0.0620. The van der Waals surface area contributed by atoms with E-state index < -0.39 is 4.92 Å². The van der Waals surface area contributed by atoms with Crippen LogP contribution in [0.3, 0.4) is 0 Å². The Labute approximate surface area is 146 Å². The van der Waals surface area contributed by atoms with Gasteiger partial charge in [-0.05, 0) is 32.1 Å². The van der Waals surface area contributed by atoms with E-state index in [1.807, 2.05) is 32.3 Å². The minimum Gasteiger partial charge on any atom is -0.336 e. The molecule has 0 spiro atoms. The van der Waals surface area contributed by atoms with Gasteiger partial charge in [-0.25, -0.2) is 4.79 Å². The quantitative estimate of drug-likeness (QED) is 0.598. The topological polar surface area (TPSA) is 87.5 Å². The number of carbonyl (C=O) groups excluding carboxylic acids is 1. The van der Waals surface area contributed by atoms with Gasteiger partial charge in [0, 0.05) is 30.4 Å². The molecule has 7 nitrogen and oxygen atoms in total. The molecule has 0 saturated carbocycles. The lowest BCUT2D eigenvalue weighted by molar-refractivity contribution is -0.384. The van der Waals surface area contributed by atoms with Gasteiger partial charge in [-0.15, -0.1) is 0 Å². The Morgan fingerprint density at radius 3 is 2.52 bits per heavy atom. The summed E-state index contributed by atoms with van der Waals surface area (Å²) in [4.78, 5) is 24.4. The molecule has 2 amide bonds. The van der Waals surface area contributed by atoms with E-state index in [1.54, 1.807) is 6.07 Å². The Bertz CT molecular complexity index is 719. The molecule has 2 rings (SSSR count). The average Bonchev–Trinajstić information content (AvgIpc) is 2.59. The summed E-state index contributed by atoms with van der Waals surface area (Å²) in [5, 5.41) is 16.2. The van der Waals surface area contributed by atoms with Gasteiger partial charge in [0.2, 0.25) is 0 Å². The second-order valence-electron chi connectivity index (χ2n) is 5.95. The predicted octanol–water partition coefficient (Wildman–Crippen LogP) is 2.89. The van der Waals surface area contributed by atoms with E-state index >= 15 is 0 Å². The number of nitrogens with one attached hydrogen (secondary N) is 2. The molecular formula is C18H22N4O3. The van der Waals surface area contributed by atoms with Crippen LogP contribution in [0, 0.1) is 10.1 Å². The van der Waals surface area contributed by atoms with E-state index in [2.05, 4.69) is 27.7 Å². The molecule has 0 bridgehead atoms. The highest BCUT2D eigenvalue weighted by atomic mass is 16.6. The average molecular weight is 342 g/mol. The summed E-state index contributed by atoms with van der Waals surface area (Å²) < 4.78 is 0. The SMILES string of the molecule is CN(C)[C@@H](CNC(=O)Nc1cccc([N+](=O)[O-])c1)Cc1ccccc1. The summed E-state index contributed by atoms with van der Waals surface area (Å²) in [5.74, 6) is 0. The zero-order chi connectivity index (χ0) is 18.2. The molecule has 2 aromatic rings. The first kappa shape index (κ1) is 18.4. The number of urea groups is 1. The molecule has 2 N–H and O–H groups in total. The van der Waals surface area contributed by atoms with Crippen molar-refractivity contribution < 1.29 is 9.72 Å². The lowest BCUT2D eigenvalue weighted by atomic mass is 10.1. The maximum atomic E-state index is 12.1. The fraction of sp³-hybridized carbons (Fsp3) is 0.278. The maximum Gasteiger partial charge on any atom is 0.319 e. The standard InChI is InChI=1S/C18H22N4O3/c1-21(2)17(11-14-7-4-3-5-8-14)13-19-18(23)20-15-9-6-10-16(12-15)22(24)25/h3-10,12,17H,11,13H2,1-2H3,(H2,19,20,23)/t17-/m1/s1. The molecule has 0 heterocycles. The van der Waals surface area contributed by atoms with Crippen LogP contribution >= 0.6 is 0 Å². The lowest BCUT2D eigenvalue weighted by Gasteiger charge is -2.24. The lowest BCUT2D eigenvalue weighted by Crippen LogP contribution is -2.43. The van der Waals surface area contributed by atoms with E-state index in [9.17, 15) is 14.9 Å². The Hall–Kier alpha value is -2.93. The summed E-state index contributed by atoms with van der Waals surface area (Å²) in [6.07, 6.45) is 0.810. The fourth-order valence-corrected chi connectivity index (χ4v) is 2.41. The van der Waals surface area contributed by atoms with Crippen molar-refractivity contribution in [3.05, 3.63) is 70.3 Å². The van der Waals surface area contributed by atoms with Crippen LogP contribution in [0.1, 0.15) is 5.56 Å². The monoisotopic (exact) mass is 342 g/mol. The van der Waals surface area contributed by atoms with E-state index in [-0.39, 0.29) is 17.8 Å². The third-order valence-electron chi connectivity index (χ3n) is 3.86. The second kappa shape index (κ2) is 8.79. The number of hydrogen-bond acceptors (Lipinski definition) is 4. The number of benzene rings is 2. The van der Waals surface area contributed by atoms with Crippen LogP contribution in [0.2, 0.25) is 0 Å². The smallest absolute Gasteiger partial charge is 0.319 e. The highest BCUT2D eigenvalue weighted by molar-refractivity contribution is 5.89. The fourth-order valence-electron chi connectivity index (χ4n) is 2.41. The van der Waals surface area contributed by atoms with Gasteiger partial charge in [-0.1, -0.05) is 36.4 Å². The number of non-ortho nitro benzene ring substituents is 1. The van der Waals surface area contributed by atoms with Crippen molar-refractivity contribution in [3.8, 4) is 0 Å². The highest BCUT2D eigenvalue weighted by Gasteiger charge is 2.14. The minimum atomic E-state index is -0.495. The molecule has 0 radical (unpaired) electrons. The van der Waals surface area contributed by atoms with Crippen molar-refractivity contribution in [2.75, 3.05) is 26.0 Å². The molecular weight excluding hydrogens is 320 g/mol. The Morgan fingerprint density at radius 2 is 1.88 bits per heavy atom. The van der Waals surface area contributed by atoms with Gasteiger partial charge in [-0.2, -0.15) is 0 Å². The van der Waals surface area contributed by atoms with Crippen LogP contribution in [0.4, 0.5) is 16.2 Å². The first-order chi connectivity index (χ1) is 12.0. The molecule has 132 valence electrons. The third-order valence-corrected chi connectivity index (χ3v) is 3.86. The molecule has 0 unspecified atom stereocenters. The van der Waals surface area contributed by atoms with Gasteiger partial charge >= 0.3 is 6.03 Å². The Morgan fingerprint density at radius 1 is 1.16 bits per heavy atom. The molecule has 0 aromatic heterocycles. The van der Waals surface area contributed by atoms with Crippen LogP contribution < -0.4 is 10.6 Å². The molecule has 0 aliphatic heterocycles. The van der Waals surface area contributed by atoms with Crippen molar-refractivity contribution >= 4 is 17.4 Å². The van der Waals surface area contributed by atoms with Gasteiger partial charge in [0.25, 0.3) is 5.69 Å². The Balaban J connectivity index is 1.90. The van der Waals surface area contributed by atoms with Crippen molar-refractivity contribution in [3.63, 3.8) is 0 Å². The number of nitro benzene ring substituents is 1. The number of carbonyl (C=O) groups is 1. The van der Waals surface area contributed by atoms with Gasteiger partial charge in [-0.3, -0.25) is 10.1 Å². The van der Waals surface area contributed by atoms with E-state index in [0.717, 1.165) is 6.42 Å². The first-order valence-corrected chi connectivity index (χ1v) is 7.95. The molecule has 1 atom stereocenters. The van der Waals surface area contributed by atoms with Gasteiger partial charge < -0.3 is 15.5 Å². The van der Waals surface area contributed by atoms with Crippen molar-refractivity contribution in [1.82, 2.24) is 10.2 Å². The van der Waals surface area contributed by atoms with Crippen LogP contribution in [0.15, 0.2) is 54.6 Å². The zero-order valence-corrected chi connectivity index (χ0v) is 14.3. The number of hydrogen-bond donors (Lipinski definition) is 2. The van der Waals surface area contributed by atoms with E-state index in [0.29, 0.717) is 12.2 Å². The van der Waals surface area contributed by atoms with Gasteiger partial charge in [0.05, 0.1) is 4.92 Å². The summed E-state index contributed by atoms with van der Waals surface area (Å²) in [6, 6.07) is 15.7. The summed E-state index contributed by atoms with van der Waals surface area (Å²) in [7, 11) is 3.93. The largest absolute Gasteiger partial charge is 0.336 e. The van der Waals surface area contributed by atoms with E-state index in [4.69, 9.17) is 0 Å². The van der Waals surface area contributed by atoms with Crippen LogP contribution in [-0.2, 0) is 6.42 Å². The van der Waals surface area contributed by atoms with Crippen LogP contribution in [-0.4, -0.2) is 42.5 Å². The molecule has 2 aromatic carbocycles. The maximum absolute atomic E-state index is 12.1. The molecule has 0 aliphatic carbocycles. The number of rotatable bonds is 7. The number of anilines is 1. The number of amides is 2. The van der Waals surface area contributed by atoms with E-state index in [1.165, 1.54) is 23.8 Å². The highest BCUT2D eigenvalue weighted by Crippen LogP contribution is 2.16. The van der Waals surface area contributed by atoms with Crippen molar-refractivity contribution in [2.24, 2.45) is 0 Å². The summed E-state index contributed by atoms with van der Waals surface area (Å²) in [5.41, 5.74) is 1.52. The normalized spacial score (nSPS) is 11.8. The van der Waals surface area contributed by atoms with Crippen molar-refractivity contribution in [1.29, 1.82) is 0 Å². The van der Waals surface area contributed by atoms with Crippen LogP contribution in [0.25, 0.3) is 0 Å². The summed E-state index contributed by atoms with van der Waals surface area (Å²) >= 11 is 0. The van der Waals surface area contributed by atoms with Crippen molar-refractivity contribution in [2.45, 2.75) is 12.5 Å². The molecule has 0 aliphatic rings.